The Bertz CT molecular complexity index is 201. The minimum atomic E-state index is -1.57. The molecule has 15 heavy (non-hydrogen) atoms. The van der Waals surface area contributed by atoms with Crippen molar-refractivity contribution < 1.29 is 9.53 Å². The van der Waals surface area contributed by atoms with Crippen LogP contribution in [0.25, 0.3) is 0 Å². The Balaban J connectivity index is 2.52. The molecule has 0 aromatic carbocycles. The SMILES string of the molecule is C[SiH](O)COC1CC(C)(C)NC(C)(C)C1. The Morgan fingerprint density at radius 2 is 1.73 bits per heavy atom. The third-order valence-electron chi connectivity index (χ3n) is 2.73. The predicted molar refractivity (Wildman–Crippen MR) is 65.5 cm³/mol. The van der Waals surface area contributed by atoms with Gasteiger partial charge in [0.25, 0.3) is 0 Å². The summed E-state index contributed by atoms with van der Waals surface area (Å²) < 4.78 is 5.79. The third-order valence-corrected chi connectivity index (χ3v) is 3.40. The standard InChI is InChI=1S/C11H25NO2Si/c1-10(2)6-9(14-8-15(5)13)7-11(3,4)12-10/h9,12-13,15H,6-8H2,1-5H3. The lowest BCUT2D eigenvalue weighted by Gasteiger charge is -2.46. The van der Waals surface area contributed by atoms with Gasteiger partial charge < -0.3 is 14.8 Å². The molecule has 1 aliphatic heterocycles. The summed E-state index contributed by atoms with van der Waals surface area (Å²) in [5, 5.41) is 3.62. The topological polar surface area (TPSA) is 41.5 Å². The molecule has 1 unspecified atom stereocenters. The largest absolute Gasteiger partial charge is 0.433 e. The van der Waals surface area contributed by atoms with Gasteiger partial charge in [0.2, 0.25) is 0 Å². The summed E-state index contributed by atoms with van der Waals surface area (Å²) in [4.78, 5) is 9.34. The second-order valence-corrected chi connectivity index (χ2v) is 8.14. The van der Waals surface area contributed by atoms with Gasteiger partial charge in [0.05, 0.1) is 12.3 Å². The van der Waals surface area contributed by atoms with Gasteiger partial charge in [0, 0.05) is 11.1 Å². The molecule has 90 valence electrons. The highest BCUT2D eigenvalue weighted by molar-refractivity contribution is 6.48. The molecule has 3 nitrogen and oxygen atoms in total. The van der Waals surface area contributed by atoms with Gasteiger partial charge in [-0.3, -0.25) is 0 Å². The van der Waals surface area contributed by atoms with Crippen LogP contribution < -0.4 is 5.32 Å². The van der Waals surface area contributed by atoms with Crippen LogP contribution in [-0.2, 0) is 4.74 Å². The molecule has 0 aromatic rings. The Morgan fingerprint density at radius 3 is 2.13 bits per heavy atom. The van der Waals surface area contributed by atoms with Crippen LogP contribution >= 0.6 is 0 Å². The molecular weight excluding hydrogens is 206 g/mol. The van der Waals surface area contributed by atoms with Crippen LogP contribution in [0, 0.1) is 0 Å². The zero-order valence-electron chi connectivity index (χ0n) is 10.6. The Kier molecular flexibility index (Phi) is 3.98. The van der Waals surface area contributed by atoms with E-state index in [4.69, 9.17) is 4.74 Å². The van der Waals surface area contributed by atoms with E-state index < -0.39 is 9.04 Å². The van der Waals surface area contributed by atoms with Gasteiger partial charge in [0.1, 0.15) is 0 Å². The number of hydrogen-bond donors (Lipinski definition) is 2. The molecule has 2 N–H and O–H groups in total. The maximum Gasteiger partial charge on any atom is 0.194 e. The monoisotopic (exact) mass is 231 g/mol. The predicted octanol–water partition coefficient (Wildman–Crippen LogP) is 1.20. The molecule has 0 saturated carbocycles. The second kappa shape index (κ2) is 4.53. The summed E-state index contributed by atoms with van der Waals surface area (Å²) in [5.74, 6) is 0. The van der Waals surface area contributed by atoms with E-state index in [0.717, 1.165) is 12.8 Å². The van der Waals surface area contributed by atoms with Crippen LogP contribution in [0.3, 0.4) is 0 Å². The summed E-state index contributed by atoms with van der Waals surface area (Å²) in [6.07, 6.45) is 2.92. The van der Waals surface area contributed by atoms with Gasteiger partial charge in [0.15, 0.2) is 9.04 Å². The maximum atomic E-state index is 9.34. The van der Waals surface area contributed by atoms with Gasteiger partial charge >= 0.3 is 0 Å². The first kappa shape index (κ1) is 13.2. The minimum Gasteiger partial charge on any atom is -0.433 e. The smallest absolute Gasteiger partial charge is 0.194 e. The second-order valence-electron chi connectivity index (χ2n) is 6.11. The average molecular weight is 231 g/mol. The normalized spacial score (nSPS) is 27.6. The molecule has 1 saturated heterocycles. The van der Waals surface area contributed by atoms with Crippen LogP contribution in [0.1, 0.15) is 40.5 Å². The lowest BCUT2D eigenvalue weighted by molar-refractivity contribution is -0.00639. The number of hydrogen-bond acceptors (Lipinski definition) is 3. The molecular formula is C11H25NO2Si. The highest BCUT2D eigenvalue weighted by Gasteiger charge is 2.38. The van der Waals surface area contributed by atoms with E-state index >= 15 is 0 Å². The van der Waals surface area contributed by atoms with Crippen LogP contribution in [0.2, 0.25) is 6.55 Å². The minimum absolute atomic E-state index is 0.132. The molecule has 0 aromatic heterocycles. The molecule has 1 heterocycles. The van der Waals surface area contributed by atoms with E-state index in [-0.39, 0.29) is 11.1 Å². The fourth-order valence-electron chi connectivity index (χ4n) is 2.62. The van der Waals surface area contributed by atoms with Crippen LogP contribution in [0.5, 0.6) is 0 Å². The van der Waals surface area contributed by atoms with E-state index in [9.17, 15) is 4.80 Å². The summed E-state index contributed by atoms with van der Waals surface area (Å²) in [5.41, 5.74) is 0.263. The van der Waals surface area contributed by atoms with E-state index in [0.29, 0.717) is 12.3 Å². The molecule has 1 rings (SSSR count). The maximum absolute atomic E-state index is 9.34. The van der Waals surface area contributed by atoms with Gasteiger partial charge in [-0.25, -0.2) is 0 Å². The molecule has 1 fully saturated rings. The van der Waals surface area contributed by atoms with E-state index in [1.165, 1.54) is 0 Å². The average Bonchev–Trinajstić information content (AvgIpc) is 1.94. The fraction of sp³-hybridized carbons (Fsp3) is 1.00. The first-order chi connectivity index (χ1) is 6.70. The summed E-state index contributed by atoms with van der Waals surface area (Å²) >= 11 is 0. The van der Waals surface area contributed by atoms with Crippen molar-refractivity contribution in [2.24, 2.45) is 0 Å². The first-order valence-electron chi connectivity index (χ1n) is 5.79. The molecule has 4 heteroatoms. The van der Waals surface area contributed by atoms with Crippen molar-refractivity contribution in [3.63, 3.8) is 0 Å². The third kappa shape index (κ3) is 4.63. The van der Waals surface area contributed by atoms with Gasteiger partial charge in [-0.15, -0.1) is 0 Å². The number of rotatable bonds is 3. The van der Waals surface area contributed by atoms with Crippen molar-refractivity contribution in [1.29, 1.82) is 0 Å². The van der Waals surface area contributed by atoms with Crippen molar-refractivity contribution in [2.75, 3.05) is 6.23 Å². The summed E-state index contributed by atoms with van der Waals surface area (Å²) in [6, 6.07) is 0. The van der Waals surface area contributed by atoms with E-state index in [1.54, 1.807) is 0 Å². The number of piperidine rings is 1. The lowest BCUT2D eigenvalue weighted by atomic mass is 9.81. The molecule has 1 aliphatic rings. The van der Waals surface area contributed by atoms with Crippen molar-refractivity contribution in [2.45, 2.75) is 64.3 Å². The molecule has 1 atom stereocenters. The van der Waals surface area contributed by atoms with E-state index in [2.05, 4.69) is 33.0 Å². The lowest BCUT2D eigenvalue weighted by Crippen LogP contribution is -2.59. The van der Waals surface area contributed by atoms with Gasteiger partial charge in [-0.05, 0) is 47.1 Å². The first-order valence-corrected chi connectivity index (χ1v) is 8.28. The van der Waals surface area contributed by atoms with Crippen LogP contribution in [-0.4, -0.2) is 37.2 Å². The Morgan fingerprint density at radius 1 is 1.27 bits per heavy atom. The van der Waals surface area contributed by atoms with Crippen molar-refractivity contribution in [3.8, 4) is 0 Å². The fourth-order valence-corrected chi connectivity index (χ4v) is 3.17. The molecule has 0 aliphatic carbocycles. The Hall–Kier alpha value is 0.0969. The highest BCUT2D eigenvalue weighted by Crippen LogP contribution is 2.30. The van der Waals surface area contributed by atoms with E-state index in [1.807, 2.05) is 6.55 Å². The molecule has 0 spiro atoms. The van der Waals surface area contributed by atoms with Crippen molar-refractivity contribution >= 4 is 9.04 Å². The van der Waals surface area contributed by atoms with Crippen molar-refractivity contribution in [1.82, 2.24) is 5.32 Å². The zero-order chi connectivity index (χ0) is 11.7. The highest BCUT2D eigenvalue weighted by atomic mass is 28.3. The van der Waals surface area contributed by atoms with Crippen LogP contribution in [0.15, 0.2) is 0 Å². The van der Waals surface area contributed by atoms with Gasteiger partial charge in [-0.1, -0.05) is 0 Å². The quantitative estimate of drug-likeness (QED) is 0.717. The van der Waals surface area contributed by atoms with Crippen molar-refractivity contribution in [3.05, 3.63) is 0 Å². The summed E-state index contributed by atoms with van der Waals surface area (Å²) in [7, 11) is -1.57. The molecule has 0 amide bonds. The zero-order valence-corrected chi connectivity index (χ0v) is 11.8. The van der Waals surface area contributed by atoms with Gasteiger partial charge in [-0.2, -0.15) is 0 Å². The number of nitrogens with one attached hydrogen (secondary N) is 1. The Labute approximate surface area is 94.9 Å². The molecule has 0 radical (unpaired) electrons. The molecule has 0 bridgehead atoms. The number of ether oxygens (including phenoxy) is 1. The van der Waals surface area contributed by atoms with Crippen LogP contribution in [0.4, 0.5) is 0 Å². The summed E-state index contributed by atoms with van der Waals surface area (Å²) in [6.45, 7) is 10.7.